The van der Waals surface area contributed by atoms with Crippen LogP contribution in [0, 0.1) is 6.92 Å². The van der Waals surface area contributed by atoms with Crippen LogP contribution in [-0.4, -0.2) is 23.1 Å². The number of aromatic nitrogens is 1. The van der Waals surface area contributed by atoms with Crippen LogP contribution in [0.2, 0.25) is 5.02 Å². The number of carbonyl (C=O) groups excluding carboxylic acids is 2. The fourth-order valence-electron chi connectivity index (χ4n) is 2.41. The lowest BCUT2D eigenvalue weighted by atomic mass is 10.2. The molecular weight excluding hydrogens is 360 g/mol. The first-order chi connectivity index (χ1) is 12.5. The van der Waals surface area contributed by atoms with Crippen molar-refractivity contribution in [3.63, 3.8) is 0 Å². The van der Waals surface area contributed by atoms with Crippen LogP contribution in [-0.2, 0) is 20.9 Å². The summed E-state index contributed by atoms with van der Waals surface area (Å²) in [6.45, 7) is 0.940. The first kappa shape index (κ1) is 17.8. The molecule has 0 aliphatic heterocycles. The van der Waals surface area contributed by atoms with Gasteiger partial charge < -0.3 is 14.5 Å². The molecule has 1 amide bonds. The van der Waals surface area contributed by atoms with Gasteiger partial charge in [0, 0.05) is 10.7 Å². The zero-order valence-electron chi connectivity index (χ0n) is 13.8. The number of fused-ring (bicyclic) bond motifs is 1. The van der Waals surface area contributed by atoms with Crippen molar-refractivity contribution in [1.29, 1.82) is 0 Å². The van der Waals surface area contributed by atoms with Crippen molar-refractivity contribution in [2.24, 2.45) is 0 Å². The lowest BCUT2D eigenvalue weighted by Gasteiger charge is -2.10. The van der Waals surface area contributed by atoms with Crippen LogP contribution in [0.15, 0.2) is 51.7 Å². The highest BCUT2D eigenvalue weighted by atomic mass is 35.5. The third-order valence-electron chi connectivity index (χ3n) is 3.77. The summed E-state index contributed by atoms with van der Waals surface area (Å²) >= 11 is 5.99. The molecule has 0 aliphatic rings. The van der Waals surface area contributed by atoms with E-state index in [9.17, 15) is 14.4 Å². The molecule has 0 saturated heterocycles. The van der Waals surface area contributed by atoms with E-state index in [0.29, 0.717) is 27.4 Å². The number of ether oxygens (including phenoxy) is 1. The fraction of sp³-hybridized carbons (Fsp3) is 0.167. The molecule has 0 unspecified atom stereocenters. The van der Waals surface area contributed by atoms with Gasteiger partial charge in [0.1, 0.15) is 6.54 Å². The summed E-state index contributed by atoms with van der Waals surface area (Å²) in [4.78, 5) is 35.7. The topological polar surface area (TPSA) is 90.5 Å². The van der Waals surface area contributed by atoms with Gasteiger partial charge in [-0.15, -0.1) is 0 Å². The number of hydrogen-bond donors (Lipinski definition) is 1. The van der Waals surface area contributed by atoms with Crippen molar-refractivity contribution in [3.8, 4) is 0 Å². The second-order valence-electron chi connectivity index (χ2n) is 5.54. The van der Waals surface area contributed by atoms with Gasteiger partial charge in [0.25, 0.3) is 5.91 Å². The molecule has 0 radical (unpaired) electrons. The highest BCUT2D eigenvalue weighted by Crippen LogP contribution is 2.22. The summed E-state index contributed by atoms with van der Waals surface area (Å²) in [7, 11) is 0. The van der Waals surface area contributed by atoms with E-state index in [2.05, 4.69) is 5.32 Å². The number of amides is 1. The van der Waals surface area contributed by atoms with E-state index in [1.807, 2.05) is 0 Å². The van der Waals surface area contributed by atoms with Crippen molar-refractivity contribution < 1.29 is 18.7 Å². The molecule has 0 saturated carbocycles. The average molecular weight is 375 g/mol. The average Bonchev–Trinajstić information content (AvgIpc) is 2.93. The van der Waals surface area contributed by atoms with Gasteiger partial charge in [-0.3, -0.25) is 14.2 Å². The SMILES string of the molecule is Cc1c(Cl)cccc1NC(=O)COC(=O)Cn1c(=O)oc2ccccc21. The number of benzene rings is 2. The fourth-order valence-corrected chi connectivity index (χ4v) is 2.59. The van der Waals surface area contributed by atoms with Crippen LogP contribution < -0.4 is 11.1 Å². The molecule has 0 fully saturated rings. The van der Waals surface area contributed by atoms with Crippen molar-refractivity contribution in [1.82, 2.24) is 4.57 Å². The van der Waals surface area contributed by atoms with Crippen LogP contribution >= 0.6 is 11.6 Å². The molecule has 0 bridgehead atoms. The number of esters is 1. The minimum absolute atomic E-state index is 0.348. The molecule has 7 nitrogen and oxygen atoms in total. The van der Waals surface area contributed by atoms with Gasteiger partial charge in [-0.25, -0.2) is 4.79 Å². The number of carbonyl (C=O) groups is 2. The van der Waals surface area contributed by atoms with E-state index >= 15 is 0 Å². The minimum Gasteiger partial charge on any atom is -0.454 e. The second-order valence-corrected chi connectivity index (χ2v) is 5.95. The molecular formula is C18H15ClN2O5. The maximum atomic E-state index is 12.0. The third kappa shape index (κ3) is 3.78. The maximum absolute atomic E-state index is 12.0. The number of oxazole rings is 1. The number of nitrogens with zero attached hydrogens (tertiary/aromatic N) is 1. The molecule has 1 N–H and O–H groups in total. The lowest BCUT2D eigenvalue weighted by Crippen LogP contribution is -2.26. The molecule has 1 heterocycles. The van der Waals surface area contributed by atoms with E-state index in [0.717, 1.165) is 4.57 Å². The van der Waals surface area contributed by atoms with Gasteiger partial charge in [0.05, 0.1) is 5.52 Å². The van der Waals surface area contributed by atoms with Gasteiger partial charge in [-0.2, -0.15) is 0 Å². The molecule has 0 spiro atoms. The van der Waals surface area contributed by atoms with Crippen molar-refractivity contribution in [2.75, 3.05) is 11.9 Å². The predicted molar refractivity (Wildman–Crippen MR) is 96.3 cm³/mol. The van der Waals surface area contributed by atoms with Crippen LogP contribution in [0.1, 0.15) is 5.56 Å². The quantitative estimate of drug-likeness (QED) is 0.693. The Morgan fingerprint density at radius 1 is 1.19 bits per heavy atom. The summed E-state index contributed by atoms with van der Waals surface area (Å²) in [6, 6.07) is 11.8. The Balaban J connectivity index is 1.60. The molecule has 0 atom stereocenters. The van der Waals surface area contributed by atoms with E-state index in [-0.39, 0.29) is 6.54 Å². The van der Waals surface area contributed by atoms with E-state index in [1.54, 1.807) is 49.4 Å². The molecule has 134 valence electrons. The summed E-state index contributed by atoms with van der Waals surface area (Å²) in [5.74, 6) is -1.90. The molecule has 3 aromatic rings. The predicted octanol–water partition coefficient (Wildman–Crippen LogP) is 2.74. The molecule has 8 heteroatoms. The van der Waals surface area contributed by atoms with Crippen molar-refractivity contribution in [3.05, 3.63) is 63.6 Å². The normalized spacial score (nSPS) is 10.7. The minimum atomic E-state index is -0.725. The summed E-state index contributed by atoms with van der Waals surface area (Å²) in [5, 5.41) is 3.14. The van der Waals surface area contributed by atoms with Crippen LogP contribution in [0.25, 0.3) is 11.1 Å². The molecule has 0 aliphatic carbocycles. The highest BCUT2D eigenvalue weighted by molar-refractivity contribution is 6.31. The Hall–Kier alpha value is -3.06. The van der Waals surface area contributed by atoms with Gasteiger partial charge in [-0.05, 0) is 36.8 Å². The van der Waals surface area contributed by atoms with Gasteiger partial charge in [-0.1, -0.05) is 29.8 Å². The first-order valence-electron chi connectivity index (χ1n) is 7.74. The van der Waals surface area contributed by atoms with E-state index in [1.165, 1.54) is 0 Å². The van der Waals surface area contributed by atoms with Gasteiger partial charge in [0.15, 0.2) is 12.2 Å². The number of rotatable bonds is 5. The maximum Gasteiger partial charge on any atom is 0.420 e. The number of nitrogens with one attached hydrogen (secondary N) is 1. The Morgan fingerprint density at radius 2 is 1.96 bits per heavy atom. The van der Waals surface area contributed by atoms with E-state index < -0.39 is 24.2 Å². The number of para-hydroxylation sites is 2. The van der Waals surface area contributed by atoms with Crippen molar-refractivity contribution >= 4 is 40.3 Å². The number of hydrogen-bond acceptors (Lipinski definition) is 5. The van der Waals surface area contributed by atoms with Crippen LogP contribution in [0.5, 0.6) is 0 Å². The second kappa shape index (κ2) is 7.45. The molecule has 2 aromatic carbocycles. The van der Waals surface area contributed by atoms with E-state index in [4.69, 9.17) is 20.8 Å². The van der Waals surface area contributed by atoms with Crippen molar-refractivity contribution in [2.45, 2.75) is 13.5 Å². The Kier molecular flexibility index (Phi) is 5.09. The third-order valence-corrected chi connectivity index (χ3v) is 4.18. The molecule has 3 rings (SSSR count). The largest absolute Gasteiger partial charge is 0.454 e. The smallest absolute Gasteiger partial charge is 0.420 e. The Morgan fingerprint density at radius 3 is 2.77 bits per heavy atom. The summed E-state index contributed by atoms with van der Waals surface area (Å²) in [5.41, 5.74) is 2.11. The highest BCUT2D eigenvalue weighted by Gasteiger charge is 2.15. The Bertz CT molecular complexity index is 1040. The summed E-state index contributed by atoms with van der Waals surface area (Å²) in [6.07, 6.45) is 0. The van der Waals surface area contributed by atoms with Crippen LogP contribution in [0.4, 0.5) is 5.69 Å². The Labute approximate surface area is 153 Å². The first-order valence-corrected chi connectivity index (χ1v) is 8.12. The number of halogens is 1. The molecule has 26 heavy (non-hydrogen) atoms. The zero-order chi connectivity index (χ0) is 18.7. The standard InChI is InChI=1S/C18H15ClN2O5/c1-11-12(19)5-4-6-13(11)20-16(22)10-25-17(23)9-21-14-7-2-3-8-15(14)26-18(21)24/h2-8H,9-10H2,1H3,(H,20,22). The lowest BCUT2D eigenvalue weighted by molar-refractivity contribution is -0.147. The number of anilines is 1. The summed E-state index contributed by atoms with van der Waals surface area (Å²) < 4.78 is 11.1. The van der Waals surface area contributed by atoms with Crippen LogP contribution in [0.3, 0.4) is 0 Å². The molecule has 1 aromatic heterocycles. The zero-order valence-corrected chi connectivity index (χ0v) is 14.6. The van der Waals surface area contributed by atoms with Gasteiger partial charge >= 0.3 is 11.7 Å². The monoisotopic (exact) mass is 374 g/mol. The van der Waals surface area contributed by atoms with Gasteiger partial charge in [0.2, 0.25) is 0 Å².